The average molecular weight is 319 g/mol. The van der Waals surface area contributed by atoms with Gasteiger partial charge in [-0.2, -0.15) is 0 Å². The van der Waals surface area contributed by atoms with Gasteiger partial charge in [-0.15, -0.1) is 11.3 Å². The molecule has 5 nitrogen and oxygen atoms in total. The van der Waals surface area contributed by atoms with E-state index in [2.05, 4.69) is 5.32 Å². The maximum atomic E-state index is 12.1. The number of ether oxygens (including phenoxy) is 2. The SMILES string of the molecule is COC(=O)c1cc(C)sc1NC(=O)Cc1ccc(OC)cc1. The Morgan fingerprint density at radius 2 is 1.86 bits per heavy atom. The smallest absolute Gasteiger partial charge is 0.340 e. The van der Waals surface area contributed by atoms with Crippen LogP contribution in [0.5, 0.6) is 5.75 Å². The fourth-order valence-electron chi connectivity index (χ4n) is 1.97. The van der Waals surface area contributed by atoms with E-state index in [0.717, 1.165) is 16.2 Å². The zero-order valence-electron chi connectivity index (χ0n) is 12.6. The van der Waals surface area contributed by atoms with E-state index in [0.29, 0.717) is 10.6 Å². The minimum atomic E-state index is -0.455. The Balaban J connectivity index is 2.07. The first-order valence-corrected chi connectivity index (χ1v) is 7.46. The molecule has 1 heterocycles. The first kappa shape index (κ1) is 16.0. The normalized spacial score (nSPS) is 10.1. The number of carbonyl (C=O) groups excluding carboxylic acids is 2. The van der Waals surface area contributed by atoms with Gasteiger partial charge in [-0.25, -0.2) is 4.79 Å². The number of esters is 1. The number of benzene rings is 1. The van der Waals surface area contributed by atoms with E-state index in [1.807, 2.05) is 19.1 Å². The van der Waals surface area contributed by atoms with Gasteiger partial charge in [0.2, 0.25) is 5.91 Å². The first-order chi connectivity index (χ1) is 10.5. The lowest BCUT2D eigenvalue weighted by Crippen LogP contribution is -2.15. The molecule has 0 fully saturated rings. The Morgan fingerprint density at radius 3 is 2.45 bits per heavy atom. The van der Waals surface area contributed by atoms with Crippen molar-refractivity contribution >= 4 is 28.2 Å². The number of aryl methyl sites for hydroxylation is 1. The molecule has 0 saturated heterocycles. The third-order valence-electron chi connectivity index (χ3n) is 3.04. The van der Waals surface area contributed by atoms with Gasteiger partial charge >= 0.3 is 5.97 Å². The summed E-state index contributed by atoms with van der Waals surface area (Å²) in [6.07, 6.45) is 0.224. The van der Waals surface area contributed by atoms with Crippen molar-refractivity contribution in [2.24, 2.45) is 0 Å². The van der Waals surface area contributed by atoms with Crippen LogP contribution in [-0.2, 0) is 16.0 Å². The van der Waals surface area contributed by atoms with Gasteiger partial charge in [-0.1, -0.05) is 12.1 Å². The van der Waals surface area contributed by atoms with Crippen molar-refractivity contribution in [3.8, 4) is 5.75 Å². The molecule has 6 heteroatoms. The lowest BCUT2D eigenvalue weighted by atomic mass is 10.1. The van der Waals surface area contributed by atoms with E-state index in [9.17, 15) is 9.59 Å². The second-order valence-corrected chi connectivity index (χ2v) is 5.92. The summed E-state index contributed by atoms with van der Waals surface area (Å²) in [5, 5.41) is 3.29. The molecule has 0 bridgehead atoms. The van der Waals surface area contributed by atoms with Crippen molar-refractivity contribution in [1.29, 1.82) is 0 Å². The van der Waals surface area contributed by atoms with E-state index in [-0.39, 0.29) is 12.3 Å². The molecule has 2 aromatic rings. The summed E-state index contributed by atoms with van der Waals surface area (Å²) in [6, 6.07) is 8.98. The molecule has 0 atom stereocenters. The van der Waals surface area contributed by atoms with Crippen molar-refractivity contribution in [2.75, 3.05) is 19.5 Å². The molecule has 1 aromatic carbocycles. The Morgan fingerprint density at radius 1 is 1.18 bits per heavy atom. The van der Waals surface area contributed by atoms with Crippen molar-refractivity contribution < 1.29 is 19.1 Å². The average Bonchev–Trinajstić information content (AvgIpc) is 2.87. The Hall–Kier alpha value is -2.34. The molecule has 116 valence electrons. The lowest BCUT2D eigenvalue weighted by Gasteiger charge is -2.06. The molecule has 0 unspecified atom stereocenters. The quantitative estimate of drug-likeness (QED) is 0.860. The van der Waals surface area contributed by atoms with Gasteiger partial charge < -0.3 is 14.8 Å². The monoisotopic (exact) mass is 319 g/mol. The van der Waals surface area contributed by atoms with Crippen LogP contribution in [0.15, 0.2) is 30.3 Å². The summed E-state index contributed by atoms with van der Waals surface area (Å²) >= 11 is 1.35. The predicted molar refractivity (Wildman–Crippen MR) is 85.7 cm³/mol. The van der Waals surface area contributed by atoms with Crippen LogP contribution in [0.25, 0.3) is 0 Å². The summed E-state index contributed by atoms with van der Waals surface area (Å²) in [7, 11) is 2.91. The molecule has 1 aromatic heterocycles. The first-order valence-electron chi connectivity index (χ1n) is 6.65. The molecule has 0 saturated carbocycles. The maximum absolute atomic E-state index is 12.1. The topological polar surface area (TPSA) is 64.6 Å². The van der Waals surface area contributed by atoms with Crippen LogP contribution >= 0.6 is 11.3 Å². The Bertz CT molecular complexity index is 676. The Labute approximate surface area is 132 Å². The summed E-state index contributed by atoms with van der Waals surface area (Å²) in [5.74, 6) is 0.104. The van der Waals surface area contributed by atoms with Crippen LogP contribution in [-0.4, -0.2) is 26.1 Å². The van der Waals surface area contributed by atoms with Crippen LogP contribution in [0.3, 0.4) is 0 Å². The molecule has 0 radical (unpaired) electrons. The van der Waals surface area contributed by atoms with E-state index in [1.165, 1.54) is 18.4 Å². The fraction of sp³-hybridized carbons (Fsp3) is 0.250. The number of hydrogen-bond acceptors (Lipinski definition) is 5. The lowest BCUT2D eigenvalue weighted by molar-refractivity contribution is -0.115. The number of methoxy groups -OCH3 is 2. The summed E-state index contributed by atoms with van der Waals surface area (Å²) < 4.78 is 9.79. The molecule has 2 rings (SSSR count). The minimum Gasteiger partial charge on any atom is -0.497 e. The van der Waals surface area contributed by atoms with E-state index in [1.54, 1.807) is 25.3 Å². The number of thiophene rings is 1. The second-order valence-electron chi connectivity index (χ2n) is 4.66. The highest BCUT2D eigenvalue weighted by Gasteiger charge is 2.17. The van der Waals surface area contributed by atoms with Crippen molar-refractivity contribution in [3.05, 3.63) is 46.3 Å². The van der Waals surface area contributed by atoms with E-state index in [4.69, 9.17) is 9.47 Å². The van der Waals surface area contributed by atoms with Crippen LogP contribution in [0.1, 0.15) is 20.8 Å². The van der Waals surface area contributed by atoms with Crippen LogP contribution in [0.2, 0.25) is 0 Å². The highest BCUT2D eigenvalue weighted by molar-refractivity contribution is 7.16. The number of hydrogen-bond donors (Lipinski definition) is 1. The van der Waals surface area contributed by atoms with Gasteiger partial charge in [0.05, 0.1) is 26.2 Å². The number of carbonyl (C=O) groups is 2. The molecular weight excluding hydrogens is 302 g/mol. The number of rotatable bonds is 5. The molecule has 22 heavy (non-hydrogen) atoms. The van der Waals surface area contributed by atoms with E-state index < -0.39 is 5.97 Å². The molecule has 0 aliphatic rings. The summed E-state index contributed by atoms with van der Waals surface area (Å²) in [5.41, 5.74) is 1.25. The number of amides is 1. The van der Waals surface area contributed by atoms with Gasteiger partial charge in [-0.3, -0.25) is 4.79 Å². The van der Waals surface area contributed by atoms with Crippen LogP contribution in [0.4, 0.5) is 5.00 Å². The molecule has 1 N–H and O–H groups in total. The third kappa shape index (κ3) is 3.85. The number of anilines is 1. The maximum Gasteiger partial charge on any atom is 0.340 e. The standard InChI is InChI=1S/C16H17NO4S/c1-10-8-13(16(19)21-3)15(22-10)17-14(18)9-11-4-6-12(20-2)7-5-11/h4-8H,9H2,1-3H3,(H,17,18). The minimum absolute atomic E-state index is 0.183. The third-order valence-corrected chi connectivity index (χ3v) is 4.00. The molecule has 1 amide bonds. The van der Waals surface area contributed by atoms with Gasteiger partial charge in [0.1, 0.15) is 10.8 Å². The largest absolute Gasteiger partial charge is 0.497 e. The number of nitrogens with one attached hydrogen (secondary N) is 1. The molecule has 0 aliphatic heterocycles. The highest BCUT2D eigenvalue weighted by Crippen LogP contribution is 2.28. The van der Waals surface area contributed by atoms with Crippen LogP contribution in [0, 0.1) is 6.92 Å². The fourth-order valence-corrected chi connectivity index (χ4v) is 2.88. The van der Waals surface area contributed by atoms with Gasteiger partial charge in [-0.05, 0) is 30.7 Å². The second kappa shape index (κ2) is 7.09. The van der Waals surface area contributed by atoms with Crippen molar-refractivity contribution in [1.82, 2.24) is 0 Å². The van der Waals surface area contributed by atoms with Gasteiger partial charge in [0.15, 0.2) is 0 Å². The van der Waals surface area contributed by atoms with Gasteiger partial charge in [0.25, 0.3) is 0 Å². The highest BCUT2D eigenvalue weighted by atomic mass is 32.1. The van der Waals surface area contributed by atoms with Gasteiger partial charge in [0, 0.05) is 4.88 Å². The van der Waals surface area contributed by atoms with Crippen molar-refractivity contribution in [2.45, 2.75) is 13.3 Å². The molecule has 0 spiro atoms. The van der Waals surface area contributed by atoms with E-state index >= 15 is 0 Å². The van der Waals surface area contributed by atoms with Crippen molar-refractivity contribution in [3.63, 3.8) is 0 Å². The Kier molecular flexibility index (Phi) is 5.16. The predicted octanol–water partition coefficient (Wildman–Crippen LogP) is 3.03. The molecular formula is C16H17NO4S. The zero-order chi connectivity index (χ0) is 16.1. The summed E-state index contributed by atoms with van der Waals surface area (Å²) in [6.45, 7) is 1.87. The summed E-state index contributed by atoms with van der Waals surface area (Å²) in [4.78, 5) is 24.7. The van der Waals surface area contributed by atoms with Crippen LogP contribution < -0.4 is 10.1 Å². The molecule has 0 aliphatic carbocycles. The zero-order valence-corrected chi connectivity index (χ0v) is 13.5.